The molecule has 0 heterocycles. The normalized spacial score (nSPS) is 8.50. The van der Waals surface area contributed by atoms with Gasteiger partial charge in [-0.15, -0.1) is 0 Å². The first-order chi connectivity index (χ1) is 5.81. The van der Waals surface area contributed by atoms with Crippen molar-refractivity contribution in [3.05, 3.63) is 0 Å². The molecule has 0 aromatic rings. The molecule has 0 atom stereocenters. The zero-order valence-corrected chi connectivity index (χ0v) is 8.08. The summed E-state index contributed by atoms with van der Waals surface area (Å²) in [4.78, 5) is 10.7. The highest BCUT2D eigenvalue weighted by molar-refractivity contribution is 6.31. The summed E-state index contributed by atoms with van der Waals surface area (Å²) in [6.45, 7) is 2.85. The maximum absolute atomic E-state index is 10.7. The lowest BCUT2D eigenvalue weighted by Crippen LogP contribution is -2.22. The van der Waals surface area contributed by atoms with Crippen molar-refractivity contribution in [2.24, 2.45) is 0 Å². The van der Waals surface area contributed by atoms with Gasteiger partial charge >= 0.3 is 0 Å². The minimum atomic E-state index is -0.290. The Bertz CT molecular complexity index is 181. The summed E-state index contributed by atoms with van der Waals surface area (Å²) in [7, 11) is 0. The van der Waals surface area contributed by atoms with E-state index in [-0.39, 0.29) is 5.91 Å². The van der Waals surface area contributed by atoms with Crippen LogP contribution in [0.1, 0.15) is 32.6 Å². The van der Waals surface area contributed by atoms with Gasteiger partial charge in [0.25, 0.3) is 5.91 Å². The van der Waals surface area contributed by atoms with Crippen molar-refractivity contribution in [1.82, 2.24) is 5.32 Å². The molecule has 0 rings (SSSR count). The molecular weight excluding hydrogens is 174 g/mol. The van der Waals surface area contributed by atoms with Gasteiger partial charge in [-0.05, 0) is 18.0 Å². The third kappa shape index (κ3) is 7.43. The van der Waals surface area contributed by atoms with Gasteiger partial charge in [0.1, 0.15) is 0 Å². The number of unbranched alkanes of at least 4 members (excludes halogenated alkanes) is 3. The molecule has 0 bridgehead atoms. The van der Waals surface area contributed by atoms with Crippen LogP contribution in [0.2, 0.25) is 0 Å². The maximum Gasteiger partial charge on any atom is 0.297 e. The van der Waals surface area contributed by atoms with E-state index in [4.69, 9.17) is 11.6 Å². The van der Waals surface area contributed by atoms with Gasteiger partial charge in [0.05, 0.1) is 0 Å². The van der Waals surface area contributed by atoms with Crippen molar-refractivity contribution < 1.29 is 4.79 Å². The Morgan fingerprint density at radius 2 is 2.17 bits per heavy atom. The number of carbonyl (C=O) groups excluding carboxylic acids is 1. The molecule has 0 saturated heterocycles. The van der Waals surface area contributed by atoms with Crippen molar-refractivity contribution in [3.63, 3.8) is 0 Å². The molecule has 3 heteroatoms. The summed E-state index contributed by atoms with van der Waals surface area (Å²) < 4.78 is 0. The molecule has 0 radical (unpaired) electrons. The summed E-state index contributed by atoms with van der Waals surface area (Å²) in [5, 5.41) is 4.68. The lowest BCUT2D eigenvalue weighted by atomic mass is 10.2. The molecule has 1 amide bonds. The molecule has 0 aliphatic heterocycles. The third-order valence-corrected chi connectivity index (χ3v) is 1.57. The molecule has 0 spiro atoms. The third-order valence-electron chi connectivity index (χ3n) is 1.48. The molecule has 0 aliphatic rings. The fourth-order valence-corrected chi connectivity index (χ4v) is 0.927. The molecule has 1 N–H and O–H groups in total. The molecule has 0 aliphatic carbocycles. The monoisotopic (exact) mass is 187 g/mol. The number of hydrogen-bond donors (Lipinski definition) is 1. The molecule has 68 valence electrons. The highest BCUT2D eigenvalue weighted by atomic mass is 35.5. The van der Waals surface area contributed by atoms with Gasteiger partial charge in [-0.3, -0.25) is 4.79 Å². The highest BCUT2D eigenvalue weighted by Crippen LogP contribution is 1.96. The average Bonchev–Trinajstić information content (AvgIpc) is 2.05. The topological polar surface area (TPSA) is 29.1 Å². The quantitative estimate of drug-likeness (QED) is 0.517. The van der Waals surface area contributed by atoms with Crippen LogP contribution in [0.25, 0.3) is 0 Å². The Kier molecular flexibility index (Phi) is 7.94. The number of amides is 1. The Balaban J connectivity index is 3.18. The van der Waals surface area contributed by atoms with Gasteiger partial charge in [-0.1, -0.05) is 26.2 Å². The van der Waals surface area contributed by atoms with E-state index in [2.05, 4.69) is 18.2 Å². The molecule has 0 fully saturated rings. The first-order valence-corrected chi connectivity index (χ1v) is 4.58. The van der Waals surface area contributed by atoms with Crippen molar-refractivity contribution in [2.45, 2.75) is 32.6 Å². The molecule has 0 aromatic carbocycles. The van der Waals surface area contributed by atoms with Crippen LogP contribution in [0, 0.1) is 11.3 Å². The standard InChI is InChI=1S/C9H14ClNO/c1-2-3-4-5-8-11-9(12)6-7-10/h2-5,8H2,1H3,(H,11,12). The molecule has 0 aromatic heterocycles. The summed E-state index contributed by atoms with van der Waals surface area (Å²) in [6, 6.07) is 0. The van der Waals surface area contributed by atoms with Crippen LogP contribution in [0.5, 0.6) is 0 Å². The van der Waals surface area contributed by atoms with Crippen LogP contribution < -0.4 is 5.32 Å². The zero-order valence-electron chi connectivity index (χ0n) is 7.32. The van der Waals surface area contributed by atoms with Crippen molar-refractivity contribution in [1.29, 1.82) is 0 Å². The van der Waals surface area contributed by atoms with Gasteiger partial charge in [0.15, 0.2) is 0 Å². The lowest BCUT2D eigenvalue weighted by molar-refractivity contribution is -0.115. The lowest BCUT2D eigenvalue weighted by Gasteiger charge is -1.99. The zero-order chi connectivity index (χ0) is 9.23. The minimum absolute atomic E-state index is 0.290. The molecular formula is C9H14ClNO. The van der Waals surface area contributed by atoms with Crippen LogP contribution in [0.4, 0.5) is 0 Å². The van der Waals surface area contributed by atoms with E-state index < -0.39 is 0 Å². The second-order valence-corrected chi connectivity index (χ2v) is 2.73. The smallest absolute Gasteiger partial charge is 0.297 e. The molecule has 0 saturated carbocycles. The summed E-state index contributed by atoms with van der Waals surface area (Å²) in [6.07, 6.45) is 4.60. The number of halogens is 1. The predicted octanol–water partition coefficient (Wildman–Crippen LogP) is 1.88. The predicted molar refractivity (Wildman–Crippen MR) is 50.8 cm³/mol. The fraction of sp³-hybridized carbons (Fsp3) is 0.667. The maximum atomic E-state index is 10.7. The Hall–Kier alpha value is -0.680. The first-order valence-electron chi connectivity index (χ1n) is 4.20. The first kappa shape index (κ1) is 11.3. The van der Waals surface area contributed by atoms with E-state index in [9.17, 15) is 4.79 Å². The number of hydrogen-bond acceptors (Lipinski definition) is 1. The van der Waals surface area contributed by atoms with Crippen molar-refractivity contribution >= 4 is 17.5 Å². The van der Waals surface area contributed by atoms with E-state index in [1.54, 1.807) is 0 Å². The van der Waals surface area contributed by atoms with Crippen LogP contribution in [0.3, 0.4) is 0 Å². The molecule has 0 unspecified atom stereocenters. The average molecular weight is 188 g/mol. The van der Waals surface area contributed by atoms with E-state index >= 15 is 0 Å². The van der Waals surface area contributed by atoms with Crippen LogP contribution in [0.15, 0.2) is 0 Å². The van der Waals surface area contributed by atoms with E-state index in [0.717, 1.165) is 12.8 Å². The van der Waals surface area contributed by atoms with Gasteiger partial charge < -0.3 is 5.32 Å². The Labute approximate surface area is 78.7 Å². The van der Waals surface area contributed by atoms with Crippen LogP contribution in [-0.2, 0) is 4.79 Å². The van der Waals surface area contributed by atoms with Gasteiger partial charge in [-0.25, -0.2) is 0 Å². The van der Waals surface area contributed by atoms with E-state index in [1.165, 1.54) is 12.8 Å². The minimum Gasteiger partial charge on any atom is -0.345 e. The summed E-state index contributed by atoms with van der Waals surface area (Å²) >= 11 is 5.04. The van der Waals surface area contributed by atoms with E-state index in [1.807, 2.05) is 5.38 Å². The second kappa shape index (κ2) is 8.42. The SMILES string of the molecule is CCCCCCNC(=O)C#CCl. The van der Waals surface area contributed by atoms with Crippen molar-refractivity contribution in [3.8, 4) is 11.3 Å². The van der Waals surface area contributed by atoms with Gasteiger partial charge in [0.2, 0.25) is 0 Å². The van der Waals surface area contributed by atoms with E-state index in [0.29, 0.717) is 6.54 Å². The summed E-state index contributed by atoms with van der Waals surface area (Å²) in [5.41, 5.74) is 0. The number of rotatable bonds is 5. The number of nitrogens with one attached hydrogen (secondary N) is 1. The second-order valence-electron chi connectivity index (χ2n) is 2.54. The Morgan fingerprint density at radius 3 is 2.75 bits per heavy atom. The van der Waals surface area contributed by atoms with Crippen LogP contribution >= 0.6 is 11.6 Å². The Morgan fingerprint density at radius 1 is 1.42 bits per heavy atom. The number of carbonyl (C=O) groups is 1. The largest absolute Gasteiger partial charge is 0.345 e. The molecule has 12 heavy (non-hydrogen) atoms. The van der Waals surface area contributed by atoms with Crippen molar-refractivity contribution in [2.75, 3.05) is 6.54 Å². The van der Waals surface area contributed by atoms with Gasteiger partial charge in [-0.2, -0.15) is 0 Å². The fourth-order valence-electron chi connectivity index (χ4n) is 0.841. The molecule has 2 nitrogen and oxygen atoms in total. The highest BCUT2D eigenvalue weighted by Gasteiger charge is 1.92. The van der Waals surface area contributed by atoms with Gasteiger partial charge in [0, 0.05) is 17.8 Å². The summed E-state index contributed by atoms with van der Waals surface area (Å²) in [5.74, 6) is 1.91. The van der Waals surface area contributed by atoms with Crippen LogP contribution in [-0.4, -0.2) is 12.5 Å².